The number of thioether (sulfide) groups is 1. The number of benzene rings is 1. The molecule has 0 aliphatic heterocycles. The first kappa shape index (κ1) is 20.1. The van der Waals surface area contributed by atoms with Crippen molar-refractivity contribution >= 4 is 35.0 Å². The molecule has 0 aromatic heterocycles. The Balaban J connectivity index is 2.81. The van der Waals surface area contributed by atoms with Gasteiger partial charge in [0.15, 0.2) is 0 Å². The van der Waals surface area contributed by atoms with Crippen LogP contribution in [0.3, 0.4) is 0 Å². The van der Waals surface area contributed by atoms with Crippen LogP contribution in [0.5, 0.6) is 0 Å². The van der Waals surface area contributed by atoms with Crippen molar-refractivity contribution in [3.63, 3.8) is 0 Å². The number of amides is 1. The molecule has 2 atom stereocenters. The topological polar surface area (TPSA) is 69.6 Å². The lowest BCUT2D eigenvalue weighted by Gasteiger charge is -2.25. The summed E-state index contributed by atoms with van der Waals surface area (Å²) in [6, 6.07) is 4.36. The second-order valence-corrected chi connectivity index (χ2v) is 6.54. The maximum absolute atomic E-state index is 12.6. The summed E-state index contributed by atoms with van der Waals surface area (Å²) in [5.41, 5.74) is -3.56. The molecule has 0 aliphatic carbocycles. The van der Waals surface area contributed by atoms with Crippen molar-refractivity contribution in [3.05, 3.63) is 23.2 Å². The van der Waals surface area contributed by atoms with Crippen molar-refractivity contribution in [2.75, 3.05) is 11.1 Å². The van der Waals surface area contributed by atoms with E-state index >= 15 is 0 Å². The molecule has 0 saturated heterocycles. The van der Waals surface area contributed by atoms with Gasteiger partial charge in [-0.2, -0.15) is 13.2 Å². The number of anilines is 1. The van der Waals surface area contributed by atoms with Crippen LogP contribution in [-0.4, -0.2) is 39.8 Å². The predicted molar refractivity (Wildman–Crippen MR) is 83.8 cm³/mol. The number of aliphatic hydroxyl groups is 2. The summed E-state index contributed by atoms with van der Waals surface area (Å²) < 4.78 is 37.8. The monoisotopic (exact) mass is 371 g/mol. The molecule has 1 aromatic carbocycles. The zero-order valence-corrected chi connectivity index (χ0v) is 14.0. The summed E-state index contributed by atoms with van der Waals surface area (Å²) in [6.07, 6.45) is -4.98. The van der Waals surface area contributed by atoms with Crippen LogP contribution in [0.2, 0.25) is 5.02 Å². The van der Waals surface area contributed by atoms with Gasteiger partial charge in [-0.3, -0.25) is 4.79 Å². The van der Waals surface area contributed by atoms with E-state index in [-0.39, 0.29) is 10.7 Å². The van der Waals surface area contributed by atoms with Gasteiger partial charge in [0.1, 0.15) is 0 Å². The number of hydrogen-bond acceptors (Lipinski definition) is 4. The molecule has 0 saturated carbocycles. The van der Waals surface area contributed by atoms with Crippen LogP contribution in [-0.2, 0) is 4.79 Å². The summed E-state index contributed by atoms with van der Waals surface area (Å²) in [5, 5.41) is 20.8. The van der Waals surface area contributed by atoms with Gasteiger partial charge in [0.25, 0.3) is 5.91 Å². The number of halogens is 4. The van der Waals surface area contributed by atoms with Crippen molar-refractivity contribution in [1.82, 2.24) is 0 Å². The van der Waals surface area contributed by atoms with Gasteiger partial charge in [-0.1, -0.05) is 18.5 Å². The van der Waals surface area contributed by atoms with E-state index in [0.29, 0.717) is 24.0 Å². The highest BCUT2D eigenvalue weighted by Crippen LogP contribution is 2.33. The Morgan fingerprint density at radius 2 is 2.04 bits per heavy atom. The number of aliphatic hydroxyl groups excluding tert-OH is 1. The highest BCUT2D eigenvalue weighted by molar-refractivity contribution is 7.99. The van der Waals surface area contributed by atoms with E-state index in [1.54, 1.807) is 6.07 Å². The SMILES string of the molecule is CCC(O)CSc1ccc(NC(=O)C(C)(O)C(F)(F)F)c(Cl)c1. The second-order valence-electron chi connectivity index (χ2n) is 5.04. The number of hydrogen-bond donors (Lipinski definition) is 3. The zero-order chi connectivity index (χ0) is 17.8. The molecule has 0 fully saturated rings. The van der Waals surface area contributed by atoms with Crippen molar-refractivity contribution in [3.8, 4) is 0 Å². The van der Waals surface area contributed by atoms with Gasteiger partial charge in [-0.05, 0) is 31.5 Å². The molecule has 1 amide bonds. The Kier molecular flexibility index (Phi) is 6.76. The molecule has 1 aromatic rings. The Labute approximate surface area is 141 Å². The van der Waals surface area contributed by atoms with Crippen molar-refractivity contribution < 1.29 is 28.2 Å². The van der Waals surface area contributed by atoms with Crippen molar-refractivity contribution in [2.24, 2.45) is 0 Å². The third-order valence-corrected chi connectivity index (χ3v) is 4.55. The smallest absolute Gasteiger partial charge is 0.392 e. The molecule has 0 bridgehead atoms. The lowest BCUT2D eigenvalue weighted by molar-refractivity contribution is -0.242. The zero-order valence-electron chi connectivity index (χ0n) is 12.4. The first-order valence-electron chi connectivity index (χ1n) is 6.70. The molecule has 4 nitrogen and oxygen atoms in total. The van der Waals surface area contributed by atoms with E-state index < -0.39 is 23.8 Å². The normalized spacial score (nSPS) is 15.8. The number of rotatable bonds is 6. The van der Waals surface area contributed by atoms with E-state index in [1.807, 2.05) is 12.2 Å². The summed E-state index contributed by atoms with van der Waals surface area (Å²) in [7, 11) is 0. The number of carbonyl (C=O) groups is 1. The average Bonchev–Trinajstić information content (AvgIpc) is 2.45. The molecule has 130 valence electrons. The van der Waals surface area contributed by atoms with Crippen LogP contribution in [0, 0.1) is 0 Å². The van der Waals surface area contributed by atoms with Crippen molar-refractivity contribution in [2.45, 2.75) is 43.0 Å². The molecule has 0 radical (unpaired) electrons. The lowest BCUT2D eigenvalue weighted by atomic mass is 10.1. The minimum Gasteiger partial charge on any atom is -0.392 e. The van der Waals surface area contributed by atoms with E-state index in [0.717, 1.165) is 0 Å². The van der Waals surface area contributed by atoms with E-state index in [9.17, 15) is 28.2 Å². The standard InChI is InChI=1S/C14H17ClF3NO3S/c1-3-8(20)7-23-9-4-5-11(10(15)6-9)19-12(21)13(2,22)14(16,17)18/h4-6,8,20,22H,3,7H2,1-2H3,(H,19,21). The Morgan fingerprint density at radius 3 is 2.52 bits per heavy atom. The van der Waals surface area contributed by atoms with Gasteiger partial charge in [0.05, 0.1) is 16.8 Å². The summed E-state index contributed by atoms with van der Waals surface area (Å²) >= 11 is 7.26. The van der Waals surface area contributed by atoms with Gasteiger partial charge >= 0.3 is 6.18 Å². The van der Waals surface area contributed by atoms with Crippen LogP contribution >= 0.6 is 23.4 Å². The molecule has 0 heterocycles. The lowest BCUT2D eigenvalue weighted by Crippen LogP contribution is -2.52. The molecule has 2 unspecified atom stereocenters. The Hall–Kier alpha value is -0.960. The van der Waals surface area contributed by atoms with E-state index in [4.69, 9.17) is 11.6 Å². The number of nitrogens with one attached hydrogen (secondary N) is 1. The molecule has 23 heavy (non-hydrogen) atoms. The van der Waals surface area contributed by atoms with Crippen LogP contribution < -0.4 is 5.32 Å². The first-order valence-corrected chi connectivity index (χ1v) is 8.06. The summed E-state index contributed by atoms with van der Waals surface area (Å²) in [6.45, 7) is 2.20. The fourth-order valence-electron chi connectivity index (χ4n) is 1.37. The molecular weight excluding hydrogens is 355 g/mol. The highest BCUT2D eigenvalue weighted by Gasteiger charge is 2.55. The van der Waals surface area contributed by atoms with Crippen LogP contribution in [0.15, 0.2) is 23.1 Å². The van der Waals surface area contributed by atoms with Gasteiger partial charge in [-0.15, -0.1) is 11.8 Å². The molecule has 0 spiro atoms. The molecule has 9 heteroatoms. The number of alkyl halides is 3. The molecule has 0 aliphatic rings. The Bertz CT molecular complexity index is 567. The fourth-order valence-corrected chi connectivity index (χ4v) is 2.65. The molecule has 3 N–H and O–H groups in total. The van der Waals surface area contributed by atoms with Gasteiger partial charge in [0.2, 0.25) is 5.60 Å². The second kappa shape index (κ2) is 7.74. The summed E-state index contributed by atoms with van der Waals surface area (Å²) in [5.74, 6) is -1.17. The summed E-state index contributed by atoms with van der Waals surface area (Å²) in [4.78, 5) is 12.3. The van der Waals surface area contributed by atoms with Gasteiger partial charge in [-0.25, -0.2) is 0 Å². The minimum absolute atomic E-state index is 0.0345. The third-order valence-electron chi connectivity index (χ3n) is 3.10. The third kappa shape index (κ3) is 5.27. The largest absolute Gasteiger partial charge is 0.426 e. The molecular formula is C14H17ClF3NO3S. The molecule has 1 rings (SSSR count). The van der Waals surface area contributed by atoms with E-state index in [1.165, 1.54) is 23.9 Å². The fraction of sp³-hybridized carbons (Fsp3) is 0.500. The highest BCUT2D eigenvalue weighted by atomic mass is 35.5. The van der Waals surface area contributed by atoms with Gasteiger partial charge < -0.3 is 15.5 Å². The Morgan fingerprint density at radius 1 is 1.43 bits per heavy atom. The van der Waals surface area contributed by atoms with Crippen molar-refractivity contribution in [1.29, 1.82) is 0 Å². The van der Waals surface area contributed by atoms with Crippen LogP contribution in [0.4, 0.5) is 18.9 Å². The van der Waals surface area contributed by atoms with Crippen LogP contribution in [0.1, 0.15) is 20.3 Å². The number of carbonyl (C=O) groups excluding carboxylic acids is 1. The quantitative estimate of drug-likeness (QED) is 0.670. The minimum atomic E-state index is -5.10. The van der Waals surface area contributed by atoms with Gasteiger partial charge in [0, 0.05) is 10.6 Å². The maximum Gasteiger partial charge on any atom is 0.426 e. The van der Waals surface area contributed by atoms with E-state index in [2.05, 4.69) is 0 Å². The van der Waals surface area contributed by atoms with Crippen LogP contribution in [0.25, 0.3) is 0 Å². The predicted octanol–water partition coefficient (Wildman–Crippen LogP) is 3.45. The maximum atomic E-state index is 12.6. The average molecular weight is 372 g/mol. The first-order chi connectivity index (χ1) is 10.5.